The highest BCUT2D eigenvalue weighted by molar-refractivity contribution is 8.01. The Balaban J connectivity index is 1.43. The molecule has 0 aliphatic carbocycles. The minimum absolute atomic E-state index is 0.0740. The summed E-state index contributed by atoms with van der Waals surface area (Å²) in [4.78, 5) is 25.2. The number of aryl methyl sites for hydroxylation is 1. The Morgan fingerprint density at radius 2 is 1.83 bits per heavy atom. The molecular formula is C19H20N2O2S. The van der Waals surface area contributed by atoms with Gasteiger partial charge in [0.25, 0.3) is 0 Å². The van der Waals surface area contributed by atoms with E-state index in [1.54, 1.807) is 0 Å². The third kappa shape index (κ3) is 4.38. The van der Waals surface area contributed by atoms with Gasteiger partial charge < -0.3 is 10.6 Å². The average Bonchev–Trinajstić information content (AvgIpc) is 2.60. The van der Waals surface area contributed by atoms with Gasteiger partial charge in [-0.1, -0.05) is 42.5 Å². The van der Waals surface area contributed by atoms with Crippen LogP contribution in [0.4, 0.5) is 5.69 Å². The summed E-state index contributed by atoms with van der Waals surface area (Å²) >= 11 is 1.46. The smallest absolute Gasteiger partial charge is 0.238 e. The van der Waals surface area contributed by atoms with Gasteiger partial charge in [-0.2, -0.15) is 0 Å². The predicted octanol–water partition coefficient (Wildman–Crippen LogP) is 3.24. The van der Waals surface area contributed by atoms with Crippen LogP contribution in [-0.2, 0) is 16.0 Å². The van der Waals surface area contributed by atoms with E-state index in [1.165, 1.54) is 17.3 Å². The molecule has 2 aromatic rings. The fourth-order valence-corrected chi connectivity index (χ4v) is 3.74. The van der Waals surface area contributed by atoms with Crippen LogP contribution in [0.5, 0.6) is 0 Å². The van der Waals surface area contributed by atoms with Gasteiger partial charge in [0.15, 0.2) is 0 Å². The maximum atomic E-state index is 12.1. The SMILES string of the molecule is O=C(C[C@@H]1Sc2ccccc2NC1=O)NCCCc1ccccc1. The zero-order valence-corrected chi connectivity index (χ0v) is 14.1. The molecule has 0 aromatic heterocycles. The lowest BCUT2D eigenvalue weighted by Crippen LogP contribution is -2.35. The molecular weight excluding hydrogens is 320 g/mol. The second-order valence-electron chi connectivity index (χ2n) is 5.74. The van der Waals surface area contributed by atoms with Gasteiger partial charge in [0.1, 0.15) is 0 Å². The van der Waals surface area contributed by atoms with E-state index in [2.05, 4.69) is 22.8 Å². The number of hydrogen-bond donors (Lipinski definition) is 2. The maximum absolute atomic E-state index is 12.1. The Kier molecular flexibility index (Phi) is 5.54. The molecule has 3 rings (SSSR count). The molecule has 1 aliphatic heterocycles. The Morgan fingerprint density at radius 1 is 1.08 bits per heavy atom. The topological polar surface area (TPSA) is 58.2 Å². The highest BCUT2D eigenvalue weighted by atomic mass is 32.2. The maximum Gasteiger partial charge on any atom is 0.238 e. The van der Waals surface area contributed by atoms with E-state index < -0.39 is 0 Å². The quantitative estimate of drug-likeness (QED) is 0.794. The lowest BCUT2D eigenvalue weighted by atomic mass is 10.1. The van der Waals surface area contributed by atoms with Crippen LogP contribution < -0.4 is 10.6 Å². The summed E-state index contributed by atoms with van der Waals surface area (Å²) in [5, 5.41) is 5.41. The predicted molar refractivity (Wildman–Crippen MR) is 97.1 cm³/mol. The second kappa shape index (κ2) is 8.02. The zero-order chi connectivity index (χ0) is 16.8. The van der Waals surface area contributed by atoms with Crippen molar-refractivity contribution in [2.24, 2.45) is 0 Å². The normalized spacial score (nSPS) is 16.2. The van der Waals surface area contributed by atoms with E-state index in [9.17, 15) is 9.59 Å². The fourth-order valence-electron chi connectivity index (χ4n) is 2.63. The van der Waals surface area contributed by atoms with Crippen molar-refractivity contribution in [1.29, 1.82) is 0 Å². The molecule has 0 bridgehead atoms. The van der Waals surface area contributed by atoms with Gasteiger partial charge in [-0.25, -0.2) is 0 Å². The van der Waals surface area contributed by atoms with E-state index in [4.69, 9.17) is 0 Å². The van der Waals surface area contributed by atoms with E-state index in [1.807, 2.05) is 42.5 Å². The fraction of sp³-hybridized carbons (Fsp3) is 0.263. The van der Waals surface area contributed by atoms with E-state index in [-0.39, 0.29) is 23.5 Å². The molecule has 2 amide bonds. The average molecular weight is 340 g/mol. The zero-order valence-electron chi connectivity index (χ0n) is 13.3. The molecule has 2 aromatic carbocycles. The first-order chi connectivity index (χ1) is 11.7. The van der Waals surface area contributed by atoms with Gasteiger partial charge in [-0.05, 0) is 30.5 Å². The van der Waals surface area contributed by atoms with Gasteiger partial charge in [-0.15, -0.1) is 11.8 Å². The highest BCUT2D eigenvalue weighted by Crippen LogP contribution is 2.36. The molecule has 24 heavy (non-hydrogen) atoms. The number of rotatable bonds is 6. The number of hydrogen-bond acceptors (Lipinski definition) is 3. The van der Waals surface area contributed by atoms with Crippen molar-refractivity contribution in [1.82, 2.24) is 5.32 Å². The second-order valence-corrected chi connectivity index (χ2v) is 6.98. The summed E-state index contributed by atoms with van der Waals surface area (Å²) in [5.41, 5.74) is 2.09. The Bertz CT molecular complexity index is 718. The van der Waals surface area contributed by atoms with Gasteiger partial charge >= 0.3 is 0 Å². The summed E-state index contributed by atoms with van der Waals surface area (Å²) < 4.78 is 0. The van der Waals surface area contributed by atoms with Crippen LogP contribution in [0.3, 0.4) is 0 Å². The first-order valence-corrected chi connectivity index (χ1v) is 8.97. The van der Waals surface area contributed by atoms with Crippen molar-refractivity contribution < 1.29 is 9.59 Å². The minimum atomic E-state index is -0.367. The molecule has 1 atom stereocenters. The molecule has 124 valence electrons. The molecule has 1 aliphatic rings. The van der Waals surface area contributed by atoms with E-state index in [0.29, 0.717) is 6.54 Å². The Hall–Kier alpha value is -2.27. The van der Waals surface area contributed by atoms with Crippen LogP contribution in [0.15, 0.2) is 59.5 Å². The van der Waals surface area contributed by atoms with Crippen molar-refractivity contribution in [2.75, 3.05) is 11.9 Å². The number of carbonyl (C=O) groups excluding carboxylic acids is 2. The molecule has 0 radical (unpaired) electrons. The Morgan fingerprint density at radius 3 is 2.67 bits per heavy atom. The molecule has 0 spiro atoms. The summed E-state index contributed by atoms with van der Waals surface area (Å²) in [6.07, 6.45) is 2.03. The molecule has 1 heterocycles. The van der Waals surface area contributed by atoms with Gasteiger partial charge in [0, 0.05) is 17.9 Å². The van der Waals surface area contributed by atoms with E-state index in [0.717, 1.165) is 23.4 Å². The highest BCUT2D eigenvalue weighted by Gasteiger charge is 2.28. The number of amides is 2. The number of anilines is 1. The number of para-hydroxylation sites is 1. The summed E-state index contributed by atoms with van der Waals surface area (Å²) in [7, 11) is 0. The lowest BCUT2D eigenvalue weighted by Gasteiger charge is -2.23. The third-order valence-corrected chi connectivity index (χ3v) is 5.16. The van der Waals surface area contributed by atoms with Crippen LogP contribution >= 0.6 is 11.8 Å². The van der Waals surface area contributed by atoms with Crippen molar-refractivity contribution in [3.05, 3.63) is 60.2 Å². The van der Waals surface area contributed by atoms with Crippen LogP contribution in [0.25, 0.3) is 0 Å². The summed E-state index contributed by atoms with van der Waals surface area (Å²) in [6.45, 7) is 0.628. The van der Waals surface area contributed by atoms with E-state index >= 15 is 0 Å². The Labute approximate surface area is 146 Å². The molecule has 2 N–H and O–H groups in total. The van der Waals surface area contributed by atoms with Gasteiger partial charge in [0.2, 0.25) is 11.8 Å². The molecule has 5 heteroatoms. The van der Waals surface area contributed by atoms with Crippen molar-refractivity contribution in [2.45, 2.75) is 29.4 Å². The molecule has 0 fully saturated rings. The first-order valence-electron chi connectivity index (χ1n) is 8.09. The van der Waals surface area contributed by atoms with Crippen LogP contribution in [-0.4, -0.2) is 23.6 Å². The van der Waals surface area contributed by atoms with Crippen LogP contribution in [0, 0.1) is 0 Å². The number of nitrogens with one attached hydrogen (secondary N) is 2. The summed E-state index contributed by atoms with van der Waals surface area (Å²) in [6, 6.07) is 17.9. The standard InChI is InChI=1S/C19H20N2O2S/c22-18(20-12-6-9-14-7-2-1-3-8-14)13-17-19(23)21-15-10-4-5-11-16(15)24-17/h1-5,7-8,10-11,17H,6,9,12-13H2,(H,20,22)(H,21,23)/t17-/m0/s1. The molecule has 0 saturated carbocycles. The molecule has 0 saturated heterocycles. The number of fused-ring (bicyclic) bond motifs is 1. The minimum Gasteiger partial charge on any atom is -0.356 e. The number of benzene rings is 2. The van der Waals surface area contributed by atoms with Crippen molar-refractivity contribution in [3.63, 3.8) is 0 Å². The first kappa shape index (κ1) is 16.6. The van der Waals surface area contributed by atoms with Crippen LogP contribution in [0.1, 0.15) is 18.4 Å². The van der Waals surface area contributed by atoms with Crippen molar-refractivity contribution >= 4 is 29.3 Å². The van der Waals surface area contributed by atoms with Gasteiger partial charge in [-0.3, -0.25) is 9.59 Å². The molecule has 0 unspecified atom stereocenters. The monoisotopic (exact) mass is 340 g/mol. The largest absolute Gasteiger partial charge is 0.356 e. The summed E-state index contributed by atoms with van der Waals surface area (Å²) in [5.74, 6) is -0.173. The lowest BCUT2D eigenvalue weighted by molar-refractivity contribution is -0.124. The number of carbonyl (C=O) groups is 2. The van der Waals surface area contributed by atoms with Crippen LogP contribution in [0.2, 0.25) is 0 Å². The third-order valence-electron chi connectivity index (χ3n) is 3.88. The van der Waals surface area contributed by atoms with Crippen molar-refractivity contribution in [3.8, 4) is 0 Å². The molecule has 4 nitrogen and oxygen atoms in total. The van der Waals surface area contributed by atoms with Gasteiger partial charge in [0.05, 0.1) is 10.9 Å². The number of thioether (sulfide) groups is 1.